The van der Waals surface area contributed by atoms with Crippen LogP contribution in [0.5, 0.6) is 0 Å². The summed E-state index contributed by atoms with van der Waals surface area (Å²) in [5.41, 5.74) is 6.23. The number of thiazole rings is 1. The molecule has 43 heavy (non-hydrogen) atoms. The molecule has 5 N–H and O–H groups in total. The molecule has 2 fully saturated rings. The fourth-order valence-corrected chi connectivity index (χ4v) is 7.81. The monoisotopic (exact) mass is 651 g/mol. The quantitative estimate of drug-likeness (QED) is 0.0686. The van der Waals surface area contributed by atoms with E-state index >= 15 is 0 Å². The van der Waals surface area contributed by atoms with Crippen LogP contribution in [0.4, 0.5) is 9.93 Å². The summed E-state index contributed by atoms with van der Waals surface area (Å²) < 4.78 is 15.8. The number of oxime groups is 1. The summed E-state index contributed by atoms with van der Waals surface area (Å²) in [5, 5.41) is 22.7. The third-order valence-corrected chi connectivity index (χ3v) is 10.1. The highest BCUT2D eigenvalue weighted by molar-refractivity contribution is 8.05. The van der Waals surface area contributed by atoms with Crippen molar-refractivity contribution < 1.29 is 38.6 Å². The number of esters is 1. The molecule has 0 aromatic carbocycles. The number of hydrogen-bond donors (Lipinski definition) is 4. The SMILES string of the molecule is Nc1nc(/C(=N/O)C(=O)N[C@@H]2C(=O)N3C(C(=O)OCCOC(=O)OC4CCCCC4)=C(SCc4cn[nH]c4)CS[C@@H]23)cs1. The lowest BCUT2D eigenvalue weighted by molar-refractivity contribution is -0.153. The normalized spacial score (nSPS) is 20.7. The number of fused-ring (bicyclic) bond motifs is 1. The molecule has 1 saturated carbocycles. The number of aromatic amines is 1. The highest BCUT2D eigenvalue weighted by atomic mass is 32.2. The van der Waals surface area contributed by atoms with Crippen LogP contribution in [0.15, 0.2) is 33.5 Å². The van der Waals surface area contributed by atoms with Gasteiger partial charge in [0.1, 0.15) is 42.1 Å². The number of thioether (sulfide) groups is 2. The van der Waals surface area contributed by atoms with Crippen molar-refractivity contribution in [3.8, 4) is 0 Å². The van der Waals surface area contributed by atoms with Crippen molar-refractivity contribution in [2.75, 3.05) is 24.7 Å². The molecule has 3 aliphatic rings. The lowest BCUT2D eigenvalue weighted by Gasteiger charge is -2.49. The maximum atomic E-state index is 13.3. The molecule has 1 aliphatic carbocycles. The summed E-state index contributed by atoms with van der Waals surface area (Å²) >= 11 is 3.78. The van der Waals surface area contributed by atoms with E-state index in [1.54, 1.807) is 12.4 Å². The molecular formula is C25H29N7O8S3. The Bertz CT molecular complexity index is 1410. The maximum absolute atomic E-state index is 13.3. The minimum absolute atomic E-state index is 0.0563. The van der Waals surface area contributed by atoms with Gasteiger partial charge in [-0.25, -0.2) is 14.6 Å². The third kappa shape index (κ3) is 7.24. The largest absolute Gasteiger partial charge is 0.508 e. The van der Waals surface area contributed by atoms with E-state index in [0.29, 0.717) is 16.4 Å². The Hall–Kier alpha value is -3.77. The van der Waals surface area contributed by atoms with E-state index in [-0.39, 0.29) is 35.8 Å². The Morgan fingerprint density at radius 1 is 1.23 bits per heavy atom. The molecule has 1 saturated heterocycles. The molecule has 0 unspecified atom stereocenters. The van der Waals surface area contributed by atoms with E-state index in [2.05, 4.69) is 25.7 Å². The zero-order chi connectivity index (χ0) is 30.3. The minimum atomic E-state index is -0.994. The molecule has 2 aliphatic heterocycles. The number of ether oxygens (including phenoxy) is 3. The van der Waals surface area contributed by atoms with Gasteiger partial charge < -0.3 is 30.5 Å². The molecule has 0 spiro atoms. The first kappa shape index (κ1) is 30.7. The van der Waals surface area contributed by atoms with Gasteiger partial charge in [-0.15, -0.1) is 34.9 Å². The lowest BCUT2D eigenvalue weighted by Crippen LogP contribution is -2.71. The molecule has 2 aromatic heterocycles. The number of nitrogens with two attached hydrogens (primary N) is 1. The Balaban J connectivity index is 1.22. The maximum Gasteiger partial charge on any atom is 0.508 e. The molecule has 4 heterocycles. The van der Waals surface area contributed by atoms with Gasteiger partial charge in [0.25, 0.3) is 11.8 Å². The molecule has 15 nitrogen and oxygen atoms in total. The van der Waals surface area contributed by atoms with E-state index in [4.69, 9.17) is 19.9 Å². The molecule has 0 bridgehead atoms. The number of carbonyl (C=O) groups excluding carboxylic acids is 4. The van der Waals surface area contributed by atoms with Gasteiger partial charge in [-0.2, -0.15) is 5.10 Å². The number of amides is 2. The Labute approximate surface area is 257 Å². The van der Waals surface area contributed by atoms with Crippen LogP contribution in [-0.4, -0.2) is 91.4 Å². The zero-order valence-electron chi connectivity index (χ0n) is 22.7. The van der Waals surface area contributed by atoms with Crippen LogP contribution in [0, 0.1) is 0 Å². The molecule has 0 radical (unpaired) electrons. The molecule has 230 valence electrons. The summed E-state index contributed by atoms with van der Waals surface area (Å²) in [6, 6.07) is -0.994. The molecule has 5 rings (SSSR count). The van der Waals surface area contributed by atoms with E-state index in [1.807, 2.05) is 0 Å². The van der Waals surface area contributed by atoms with E-state index < -0.39 is 41.1 Å². The van der Waals surface area contributed by atoms with Crippen molar-refractivity contribution in [3.05, 3.63) is 39.6 Å². The molecular weight excluding hydrogens is 623 g/mol. The topological polar surface area (TPSA) is 211 Å². The number of nitrogens with zero attached hydrogens (tertiary/aromatic N) is 4. The lowest BCUT2D eigenvalue weighted by atomic mass is 9.98. The number of H-pyrrole nitrogens is 1. The van der Waals surface area contributed by atoms with Crippen LogP contribution >= 0.6 is 34.9 Å². The van der Waals surface area contributed by atoms with Crippen LogP contribution in [-0.2, 0) is 34.3 Å². The first-order chi connectivity index (χ1) is 20.9. The standard InChI is InChI=1S/C25H29N7O8S3/c26-24-29-15(11-43-24)17(31-37)20(33)30-18-21(34)32-19(16(12-42-22(18)32)41-10-13-8-27-28-9-13)23(35)38-6-7-39-25(36)40-14-4-2-1-3-5-14/h8-9,11,14,18,22,37H,1-7,10,12H2,(H2,26,29)(H,27,28)(H,30,33)/b31-17-/t18-,22+/m1/s1. The first-order valence-corrected chi connectivity index (χ1v) is 16.3. The van der Waals surface area contributed by atoms with Gasteiger partial charge in [0.2, 0.25) is 0 Å². The summed E-state index contributed by atoms with van der Waals surface area (Å²) in [7, 11) is 0. The van der Waals surface area contributed by atoms with Gasteiger partial charge in [-0.3, -0.25) is 19.6 Å². The summed E-state index contributed by atoms with van der Waals surface area (Å²) in [6.07, 6.45) is 7.14. The van der Waals surface area contributed by atoms with E-state index in [1.165, 1.54) is 33.8 Å². The van der Waals surface area contributed by atoms with Crippen molar-refractivity contribution in [3.63, 3.8) is 0 Å². The van der Waals surface area contributed by atoms with Crippen LogP contribution in [0.25, 0.3) is 0 Å². The molecule has 2 aromatic rings. The van der Waals surface area contributed by atoms with Crippen molar-refractivity contribution in [1.29, 1.82) is 0 Å². The number of carbonyl (C=O) groups is 4. The number of nitrogen functional groups attached to an aromatic ring is 1. The Morgan fingerprint density at radius 3 is 2.72 bits per heavy atom. The van der Waals surface area contributed by atoms with Crippen molar-refractivity contribution in [1.82, 2.24) is 25.4 Å². The van der Waals surface area contributed by atoms with Gasteiger partial charge in [0, 0.05) is 33.6 Å². The third-order valence-electron chi connectivity index (χ3n) is 6.81. The highest BCUT2D eigenvalue weighted by Gasteiger charge is 2.55. The van der Waals surface area contributed by atoms with E-state index in [9.17, 15) is 24.4 Å². The fourth-order valence-electron chi connectivity index (χ4n) is 4.72. The predicted molar refractivity (Wildman–Crippen MR) is 157 cm³/mol. The highest BCUT2D eigenvalue weighted by Crippen LogP contribution is 2.44. The fraction of sp³-hybridized carbons (Fsp3) is 0.480. The number of β-lactam (4-membered cyclic amide) rings is 1. The zero-order valence-corrected chi connectivity index (χ0v) is 25.2. The van der Waals surface area contributed by atoms with Crippen LogP contribution in [0.1, 0.15) is 43.4 Å². The summed E-state index contributed by atoms with van der Waals surface area (Å²) in [6.45, 7) is -0.452. The van der Waals surface area contributed by atoms with E-state index in [0.717, 1.165) is 49.0 Å². The van der Waals surface area contributed by atoms with Crippen LogP contribution in [0.2, 0.25) is 0 Å². The second-order valence-corrected chi connectivity index (χ2v) is 12.7. The second kappa shape index (κ2) is 14.1. The predicted octanol–water partition coefficient (Wildman–Crippen LogP) is 2.20. The minimum Gasteiger partial charge on any atom is -0.457 e. The average Bonchev–Trinajstić information content (AvgIpc) is 3.69. The summed E-state index contributed by atoms with van der Waals surface area (Å²) in [5.74, 6) is -1.28. The van der Waals surface area contributed by atoms with Gasteiger partial charge in [0.05, 0.1) is 6.20 Å². The van der Waals surface area contributed by atoms with Gasteiger partial charge in [0.15, 0.2) is 10.8 Å². The van der Waals surface area contributed by atoms with Crippen LogP contribution < -0.4 is 11.1 Å². The van der Waals surface area contributed by atoms with Crippen molar-refractivity contribution >= 4 is 69.6 Å². The van der Waals surface area contributed by atoms with Crippen molar-refractivity contribution in [2.24, 2.45) is 5.16 Å². The molecule has 18 heteroatoms. The number of nitrogens with one attached hydrogen (secondary N) is 2. The van der Waals surface area contributed by atoms with Crippen LogP contribution in [0.3, 0.4) is 0 Å². The molecule has 2 amide bonds. The average molecular weight is 652 g/mol. The smallest absolute Gasteiger partial charge is 0.457 e. The number of hydrogen-bond acceptors (Lipinski definition) is 15. The molecule has 2 atom stereocenters. The summed E-state index contributed by atoms with van der Waals surface area (Å²) in [4.78, 5) is 57.3. The Morgan fingerprint density at radius 2 is 2.02 bits per heavy atom. The number of aromatic nitrogens is 3. The van der Waals surface area contributed by atoms with Crippen molar-refractivity contribution in [2.45, 2.75) is 55.4 Å². The number of rotatable bonds is 11. The first-order valence-electron chi connectivity index (χ1n) is 13.4. The van der Waals surface area contributed by atoms with Gasteiger partial charge in [-0.1, -0.05) is 11.6 Å². The second-order valence-electron chi connectivity index (χ2n) is 9.66. The van der Waals surface area contributed by atoms with Gasteiger partial charge in [-0.05, 0) is 25.7 Å². The van der Waals surface area contributed by atoms with Gasteiger partial charge >= 0.3 is 12.1 Å². The Kier molecular flexibility index (Phi) is 10.1. The number of anilines is 1.